The van der Waals surface area contributed by atoms with E-state index in [-0.39, 0.29) is 5.91 Å². The van der Waals surface area contributed by atoms with Gasteiger partial charge in [-0.05, 0) is 37.4 Å². The van der Waals surface area contributed by atoms with Gasteiger partial charge in [0.15, 0.2) is 5.82 Å². The Morgan fingerprint density at radius 3 is 2.71 bits per heavy atom. The van der Waals surface area contributed by atoms with Crippen molar-refractivity contribution in [2.24, 2.45) is 10.7 Å². The summed E-state index contributed by atoms with van der Waals surface area (Å²) in [7, 11) is 0. The molecule has 1 aliphatic rings. The third kappa shape index (κ3) is 4.47. The van der Waals surface area contributed by atoms with E-state index in [0.717, 1.165) is 44.0 Å². The fourth-order valence-electron chi connectivity index (χ4n) is 3.06. The van der Waals surface area contributed by atoms with Gasteiger partial charge in [-0.3, -0.25) is 9.69 Å². The highest BCUT2D eigenvalue weighted by Crippen LogP contribution is 2.31. The molecule has 1 aromatic carbocycles. The first-order chi connectivity index (χ1) is 13.6. The molecule has 3 rings (SSSR count). The number of rotatable bonds is 7. The van der Waals surface area contributed by atoms with E-state index < -0.39 is 0 Å². The number of carbonyl (C=O) groups is 1. The average Bonchev–Trinajstić information content (AvgIpc) is 3.18. The molecule has 1 aromatic heterocycles. The first-order valence-corrected chi connectivity index (χ1v) is 9.29. The second-order valence-electron chi connectivity index (χ2n) is 6.45. The predicted octanol–water partition coefficient (Wildman–Crippen LogP) is 1.72. The highest BCUT2D eigenvalue weighted by molar-refractivity contribution is 5.94. The molecule has 0 saturated carbocycles. The second kappa shape index (κ2) is 9.29. The summed E-state index contributed by atoms with van der Waals surface area (Å²) >= 11 is 0. The maximum absolute atomic E-state index is 12.4. The lowest BCUT2D eigenvalue weighted by atomic mass is 10.1. The monoisotopic (exact) mass is 382 g/mol. The fraction of sp³-hybridized carbons (Fsp3) is 0.350. The Hall–Kier alpha value is -2.97. The molecule has 0 aliphatic carbocycles. The first-order valence-electron chi connectivity index (χ1n) is 9.29. The molecule has 148 valence electrons. The van der Waals surface area contributed by atoms with Crippen LogP contribution in [0.1, 0.15) is 17.3 Å². The molecule has 0 unspecified atom stereocenters. The smallest absolute Gasteiger partial charge is 0.251 e. The Balaban J connectivity index is 1.64. The van der Waals surface area contributed by atoms with Crippen LogP contribution in [-0.4, -0.2) is 66.7 Å². The van der Waals surface area contributed by atoms with Crippen LogP contribution in [0, 0.1) is 0 Å². The molecule has 8 nitrogen and oxygen atoms in total. The number of carbonyl (C=O) groups excluding carboxylic acids is 1. The van der Waals surface area contributed by atoms with Crippen LogP contribution in [0.25, 0.3) is 16.9 Å². The van der Waals surface area contributed by atoms with Crippen LogP contribution in [0.2, 0.25) is 0 Å². The number of aliphatic imine (C=N–C) groups is 1. The number of morpholine rings is 1. The lowest BCUT2D eigenvalue weighted by molar-refractivity contribution is 0.0383. The van der Waals surface area contributed by atoms with Gasteiger partial charge in [0.2, 0.25) is 0 Å². The van der Waals surface area contributed by atoms with Crippen LogP contribution >= 0.6 is 0 Å². The fourth-order valence-corrected chi connectivity index (χ4v) is 3.06. The Kier molecular flexibility index (Phi) is 6.57. The number of benzene rings is 1. The maximum atomic E-state index is 12.4. The van der Waals surface area contributed by atoms with Gasteiger partial charge in [-0.15, -0.1) is 0 Å². The summed E-state index contributed by atoms with van der Waals surface area (Å²) in [6, 6.07) is 7.34. The molecular weight excluding hydrogens is 356 g/mol. The number of hydrogen-bond donors (Lipinski definition) is 2. The second-order valence-corrected chi connectivity index (χ2v) is 6.45. The largest absolute Gasteiger partial charge is 0.384 e. The molecule has 2 aromatic rings. The summed E-state index contributed by atoms with van der Waals surface area (Å²) in [5.41, 5.74) is 8.24. The van der Waals surface area contributed by atoms with Gasteiger partial charge in [0.05, 0.1) is 19.4 Å². The van der Waals surface area contributed by atoms with Crippen LogP contribution in [0.15, 0.2) is 41.5 Å². The lowest BCUT2D eigenvalue weighted by Gasteiger charge is -2.26. The Morgan fingerprint density at radius 1 is 1.36 bits per heavy atom. The van der Waals surface area contributed by atoms with Gasteiger partial charge in [0, 0.05) is 37.3 Å². The van der Waals surface area contributed by atoms with Crippen molar-refractivity contribution in [2.75, 3.05) is 39.4 Å². The van der Waals surface area contributed by atoms with Gasteiger partial charge in [0.1, 0.15) is 5.82 Å². The van der Waals surface area contributed by atoms with Gasteiger partial charge in [-0.25, -0.2) is 4.99 Å². The van der Waals surface area contributed by atoms with Crippen molar-refractivity contribution in [2.45, 2.75) is 6.92 Å². The predicted molar refractivity (Wildman–Crippen MR) is 111 cm³/mol. The van der Waals surface area contributed by atoms with Crippen molar-refractivity contribution >= 4 is 24.3 Å². The Morgan fingerprint density at radius 2 is 2.07 bits per heavy atom. The summed E-state index contributed by atoms with van der Waals surface area (Å²) in [6.07, 6.45) is 3.44. The minimum absolute atomic E-state index is 0.0873. The van der Waals surface area contributed by atoms with Gasteiger partial charge in [0.25, 0.3) is 5.91 Å². The van der Waals surface area contributed by atoms with Gasteiger partial charge in [-0.1, -0.05) is 12.1 Å². The summed E-state index contributed by atoms with van der Waals surface area (Å²) in [6.45, 7) is 10.2. The molecule has 1 fully saturated rings. The van der Waals surface area contributed by atoms with Crippen molar-refractivity contribution in [3.8, 4) is 11.1 Å². The van der Waals surface area contributed by atoms with E-state index in [9.17, 15) is 4.79 Å². The third-order valence-electron chi connectivity index (χ3n) is 4.71. The number of aromatic nitrogens is 2. The molecule has 2 heterocycles. The quantitative estimate of drug-likeness (QED) is 0.711. The molecule has 3 N–H and O–H groups in total. The first kappa shape index (κ1) is 19.8. The van der Waals surface area contributed by atoms with Gasteiger partial charge in [-0.2, -0.15) is 9.78 Å². The minimum atomic E-state index is -0.0873. The molecule has 1 saturated heterocycles. The van der Waals surface area contributed by atoms with Crippen molar-refractivity contribution in [3.63, 3.8) is 0 Å². The highest BCUT2D eigenvalue weighted by atomic mass is 16.5. The Labute approximate surface area is 164 Å². The van der Waals surface area contributed by atoms with Crippen molar-refractivity contribution < 1.29 is 9.53 Å². The molecule has 8 heteroatoms. The maximum Gasteiger partial charge on any atom is 0.251 e. The van der Waals surface area contributed by atoms with Crippen molar-refractivity contribution in [1.29, 1.82) is 0 Å². The topological polar surface area (TPSA) is 97.8 Å². The molecule has 1 aliphatic heterocycles. The number of amides is 1. The van der Waals surface area contributed by atoms with Crippen LogP contribution in [0.4, 0.5) is 5.82 Å². The Bertz CT molecular complexity index is 850. The van der Waals surface area contributed by atoms with E-state index in [1.54, 1.807) is 24.4 Å². The lowest BCUT2D eigenvalue weighted by Crippen LogP contribution is -2.41. The van der Waals surface area contributed by atoms with E-state index in [2.05, 4.69) is 27.0 Å². The standard InChI is InChI=1S/C20H26N6O2/c1-3-18(21)26-19(22-2)17(14-24-26)15-4-6-16(7-5-15)20(27)23-8-9-25-10-12-28-13-11-25/h3-7,14H,2,8-13,21H2,1H3,(H,23,27)/b18-3-. The molecule has 1 amide bonds. The molecular formula is C20H26N6O2. The van der Waals surface area contributed by atoms with Gasteiger partial charge >= 0.3 is 0 Å². The zero-order valence-electron chi connectivity index (χ0n) is 16.1. The summed E-state index contributed by atoms with van der Waals surface area (Å²) < 4.78 is 6.86. The highest BCUT2D eigenvalue weighted by Gasteiger charge is 2.14. The molecule has 0 bridgehead atoms. The van der Waals surface area contributed by atoms with Crippen molar-refractivity contribution in [1.82, 2.24) is 20.0 Å². The van der Waals surface area contributed by atoms with E-state index in [0.29, 0.717) is 23.7 Å². The minimum Gasteiger partial charge on any atom is -0.384 e. The molecule has 28 heavy (non-hydrogen) atoms. The third-order valence-corrected chi connectivity index (χ3v) is 4.71. The number of allylic oxidation sites excluding steroid dienone is 1. The SMILES string of the molecule is C=Nc1c(-c2ccc(C(=O)NCCN3CCOCC3)cc2)cnn1/C(N)=C\C. The molecule has 0 spiro atoms. The zero-order valence-corrected chi connectivity index (χ0v) is 16.1. The number of nitrogens with zero attached hydrogens (tertiary/aromatic N) is 4. The number of hydrogen-bond acceptors (Lipinski definition) is 6. The van der Waals surface area contributed by atoms with E-state index >= 15 is 0 Å². The van der Waals surface area contributed by atoms with Crippen molar-refractivity contribution in [3.05, 3.63) is 42.1 Å². The summed E-state index contributed by atoms with van der Waals surface area (Å²) in [5.74, 6) is 0.957. The van der Waals surface area contributed by atoms with E-state index in [4.69, 9.17) is 10.5 Å². The normalized spacial score (nSPS) is 15.4. The summed E-state index contributed by atoms with van der Waals surface area (Å²) in [4.78, 5) is 18.7. The molecule has 0 radical (unpaired) electrons. The van der Waals surface area contributed by atoms with E-state index in [1.807, 2.05) is 19.1 Å². The van der Waals surface area contributed by atoms with Crippen LogP contribution < -0.4 is 11.1 Å². The molecule has 0 atom stereocenters. The number of nitrogens with one attached hydrogen (secondary N) is 1. The average molecular weight is 382 g/mol. The number of nitrogens with two attached hydrogens (primary N) is 1. The van der Waals surface area contributed by atoms with Crippen LogP contribution in [-0.2, 0) is 4.74 Å². The van der Waals surface area contributed by atoms with Crippen LogP contribution in [0.3, 0.4) is 0 Å². The summed E-state index contributed by atoms with van der Waals surface area (Å²) in [5, 5.41) is 7.24. The van der Waals surface area contributed by atoms with E-state index in [1.165, 1.54) is 4.68 Å². The van der Waals surface area contributed by atoms with Crippen LogP contribution in [0.5, 0.6) is 0 Å². The van der Waals surface area contributed by atoms with Gasteiger partial charge < -0.3 is 15.8 Å². The zero-order chi connectivity index (χ0) is 19.9. The number of ether oxygens (including phenoxy) is 1.